The highest BCUT2D eigenvalue weighted by molar-refractivity contribution is 6.21. The number of carboxylic acids is 1. The molecule has 0 radical (unpaired) electrons. The van der Waals surface area contributed by atoms with Gasteiger partial charge in [0.15, 0.2) is 0 Å². The van der Waals surface area contributed by atoms with Crippen LogP contribution in [0.25, 0.3) is 0 Å². The van der Waals surface area contributed by atoms with Crippen molar-refractivity contribution in [2.45, 2.75) is 25.3 Å². The van der Waals surface area contributed by atoms with Crippen LogP contribution in [0.3, 0.4) is 0 Å². The van der Waals surface area contributed by atoms with Crippen molar-refractivity contribution >= 4 is 23.7 Å². The maximum Gasteiger partial charge on any atom is 0.326 e. The Morgan fingerprint density at radius 2 is 1.83 bits per heavy atom. The van der Waals surface area contributed by atoms with Crippen LogP contribution in [-0.4, -0.2) is 58.2 Å². The zero-order valence-corrected chi connectivity index (χ0v) is 12.6. The van der Waals surface area contributed by atoms with Crippen LogP contribution >= 0.6 is 0 Å². The van der Waals surface area contributed by atoms with Gasteiger partial charge < -0.3 is 10.0 Å². The number of carboxylic acid groups (broad SMARTS) is 1. The molecule has 0 spiro atoms. The molecule has 1 N–H and O–H groups in total. The average molecular weight is 316 g/mol. The van der Waals surface area contributed by atoms with E-state index in [9.17, 15) is 24.3 Å². The fourth-order valence-electron chi connectivity index (χ4n) is 3.09. The number of benzene rings is 1. The van der Waals surface area contributed by atoms with E-state index in [2.05, 4.69) is 0 Å². The van der Waals surface area contributed by atoms with Gasteiger partial charge in [0.1, 0.15) is 6.04 Å². The van der Waals surface area contributed by atoms with E-state index < -0.39 is 29.7 Å². The van der Waals surface area contributed by atoms with E-state index in [0.29, 0.717) is 13.0 Å². The second-order valence-corrected chi connectivity index (χ2v) is 5.78. The number of carbonyl (C=O) groups is 4. The van der Waals surface area contributed by atoms with Crippen molar-refractivity contribution in [1.82, 2.24) is 9.80 Å². The van der Waals surface area contributed by atoms with Crippen LogP contribution in [0.15, 0.2) is 18.2 Å². The van der Waals surface area contributed by atoms with Gasteiger partial charge in [-0.1, -0.05) is 0 Å². The Morgan fingerprint density at radius 1 is 1.13 bits per heavy atom. The van der Waals surface area contributed by atoms with E-state index >= 15 is 0 Å². The number of nitrogens with zero attached hydrogens (tertiary/aromatic N) is 2. The summed E-state index contributed by atoms with van der Waals surface area (Å²) in [6, 6.07) is 3.46. The number of likely N-dealkylation sites (tertiary alicyclic amines) is 1. The van der Waals surface area contributed by atoms with Crippen molar-refractivity contribution < 1.29 is 24.3 Å². The number of fused-ring (bicyclic) bond motifs is 1. The molecule has 120 valence electrons. The fraction of sp³-hybridized carbons (Fsp3) is 0.375. The predicted molar refractivity (Wildman–Crippen MR) is 79.2 cm³/mol. The molecule has 1 aromatic carbocycles. The molecule has 2 aliphatic heterocycles. The molecule has 1 unspecified atom stereocenters. The van der Waals surface area contributed by atoms with E-state index in [1.165, 1.54) is 30.1 Å². The fourth-order valence-corrected chi connectivity index (χ4v) is 3.09. The third-order valence-electron chi connectivity index (χ3n) is 4.39. The molecule has 23 heavy (non-hydrogen) atoms. The lowest BCUT2D eigenvalue weighted by atomic mass is 9.99. The standard InChI is InChI=1S/C16H16N2O5/c1-17-14(20)10-6-5-9(8-11(10)15(17)21)13(19)18-7-3-2-4-12(18)16(22)23/h5-6,8,12H,2-4,7H2,1H3,(H,22,23). The summed E-state index contributed by atoms with van der Waals surface area (Å²) in [5.74, 6) is -2.29. The van der Waals surface area contributed by atoms with Gasteiger partial charge in [-0.15, -0.1) is 0 Å². The normalized spacial score (nSPS) is 20.7. The molecule has 1 aromatic rings. The van der Waals surface area contributed by atoms with Crippen LogP contribution in [0.5, 0.6) is 0 Å². The van der Waals surface area contributed by atoms with Crippen LogP contribution in [0.2, 0.25) is 0 Å². The number of aliphatic carboxylic acids is 1. The van der Waals surface area contributed by atoms with Gasteiger partial charge in [-0.25, -0.2) is 4.79 Å². The highest BCUT2D eigenvalue weighted by Gasteiger charge is 2.36. The molecule has 0 aliphatic carbocycles. The molecule has 7 nitrogen and oxygen atoms in total. The van der Waals surface area contributed by atoms with Gasteiger partial charge in [0.25, 0.3) is 17.7 Å². The van der Waals surface area contributed by atoms with Crippen LogP contribution in [-0.2, 0) is 4.79 Å². The topological polar surface area (TPSA) is 95.0 Å². The third-order valence-corrected chi connectivity index (χ3v) is 4.39. The molecule has 1 fully saturated rings. The first-order chi connectivity index (χ1) is 10.9. The highest BCUT2D eigenvalue weighted by atomic mass is 16.4. The van der Waals surface area contributed by atoms with E-state index in [0.717, 1.165) is 17.7 Å². The van der Waals surface area contributed by atoms with Crippen molar-refractivity contribution in [2.75, 3.05) is 13.6 Å². The smallest absolute Gasteiger partial charge is 0.326 e. The van der Waals surface area contributed by atoms with Gasteiger partial charge >= 0.3 is 5.97 Å². The van der Waals surface area contributed by atoms with Crippen LogP contribution in [0, 0.1) is 0 Å². The Kier molecular flexibility index (Phi) is 3.63. The molecule has 7 heteroatoms. The minimum atomic E-state index is -1.02. The van der Waals surface area contributed by atoms with Gasteiger partial charge in [0, 0.05) is 19.2 Å². The summed E-state index contributed by atoms with van der Waals surface area (Å²) in [6.07, 6.45) is 1.94. The van der Waals surface area contributed by atoms with Gasteiger partial charge in [0.05, 0.1) is 11.1 Å². The number of carbonyl (C=O) groups excluding carboxylic acids is 3. The molecule has 1 atom stereocenters. The zero-order valence-electron chi connectivity index (χ0n) is 12.6. The Balaban J connectivity index is 1.94. The molecule has 0 aromatic heterocycles. The van der Waals surface area contributed by atoms with Gasteiger partial charge in [-0.3, -0.25) is 19.3 Å². The van der Waals surface area contributed by atoms with Crippen molar-refractivity contribution in [2.24, 2.45) is 0 Å². The Hall–Kier alpha value is -2.70. The molecule has 3 amide bonds. The molecular formula is C16H16N2O5. The first-order valence-corrected chi connectivity index (χ1v) is 7.42. The first kappa shape index (κ1) is 15.2. The number of hydrogen-bond donors (Lipinski definition) is 1. The SMILES string of the molecule is CN1C(=O)c2ccc(C(=O)N3CCCCC3C(=O)O)cc2C1=O. The number of piperidine rings is 1. The highest BCUT2D eigenvalue weighted by Crippen LogP contribution is 2.25. The molecule has 2 heterocycles. The van der Waals surface area contributed by atoms with Gasteiger partial charge in [0.2, 0.25) is 0 Å². The van der Waals surface area contributed by atoms with Gasteiger partial charge in [-0.05, 0) is 37.5 Å². The summed E-state index contributed by atoms with van der Waals surface area (Å²) in [7, 11) is 1.39. The predicted octanol–water partition coefficient (Wildman–Crippen LogP) is 0.992. The summed E-state index contributed by atoms with van der Waals surface area (Å²) < 4.78 is 0. The average Bonchev–Trinajstić information content (AvgIpc) is 2.78. The van der Waals surface area contributed by atoms with Crippen LogP contribution in [0.1, 0.15) is 50.3 Å². The largest absolute Gasteiger partial charge is 0.480 e. The Labute approximate surface area is 132 Å². The van der Waals surface area contributed by atoms with Crippen molar-refractivity contribution in [1.29, 1.82) is 0 Å². The first-order valence-electron chi connectivity index (χ1n) is 7.42. The number of amides is 3. The lowest BCUT2D eigenvalue weighted by molar-refractivity contribution is -0.143. The summed E-state index contributed by atoms with van der Waals surface area (Å²) in [6.45, 7) is 0.375. The Bertz CT molecular complexity index is 727. The number of imide groups is 1. The second-order valence-electron chi connectivity index (χ2n) is 5.78. The van der Waals surface area contributed by atoms with Crippen LogP contribution in [0.4, 0.5) is 0 Å². The maximum atomic E-state index is 12.6. The van der Waals surface area contributed by atoms with E-state index in [4.69, 9.17) is 0 Å². The molecule has 2 aliphatic rings. The van der Waals surface area contributed by atoms with Crippen LogP contribution < -0.4 is 0 Å². The molecule has 3 rings (SSSR count). The second kappa shape index (κ2) is 5.49. The summed E-state index contributed by atoms with van der Waals surface area (Å²) in [5, 5.41) is 9.27. The molecule has 1 saturated heterocycles. The summed E-state index contributed by atoms with van der Waals surface area (Å²) in [5.41, 5.74) is 0.683. The quantitative estimate of drug-likeness (QED) is 0.821. The third kappa shape index (κ3) is 2.38. The van der Waals surface area contributed by atoms with E-state index in [1.54, 1.807) is 0 Å². The lowest BCUT2D eigenvalue weighted by Gasteiger charge is -2.33. The zero-order chi connectivity index (χ0) is 16.7. The Morgan fingerprint density at radius 3 is 2.52 bits per heavy atom. The number of hydrogen-bond acceptors (Lipinski definition) is 4. The monoisotopic (exact) mass is 316 g/mol. The molecule has 0 bridgehead atoms. The molecular weight excluding hydrogens is 300 g/mol. The summed E-state index contributed by atoms with van der Waals surface area (Å²) in [4.78, 5) is 50.2. The van der Waals surface area contributed by atoms with E-state index in [1.807, 2.05) is 0 Å². The number of rotatable bonds is 2. The summed E-state index contributed by atoms with van der Waals surface area (Å²) >= 11 is 0. The minimum Gasteiger partial charge on any atom is -0.480 e. The molecule has 0 saturated carbocycles. The van der Waals surface area contributed by atoms with E-state index in [-0.39, 0.29) is 16.7 Å². The maximum absolute atomic E-state index is 12.6. The van der Waals surface area contributed by atoms with Crippen molar-refractivity contribution in [3.63, 3.8) is 0 Å². The van der Waals surface area contributed by atoms with Crippen molar-refractivity contribution in [3.05, 3.63) is 34.9 Å². The lowest BCUT2D eigenvalue weighted by Crippen LogP contribution is -2.48. The van der Waals surface area contributed by atoms with Gasteiger partial charge in [-0.2, -0.15) is 0 Å². The van der Waals surface area contributed by atoms with Crippen molar-refractivity contribution in [3.8, 4) is 0 Å². The minimum absolute atomic E-state index is 0.187.